The van der Waals surface area contributed by atoms with E-state index in [2.05, 4.69) is 5.32 Å². The molecule has 5 amide bonds. The number of carbonyl (C=O) groups is 4. The fraction of sp³-hybridized carbons (Fsp3) is 0.267. The summed E-state index contributed by atoms with van der Waals surface area (Å²) in [5.74, 6) is -2.56. The van der Waals surface area contributed by atoms with E-state index in [0.717, 1.165) is 4.90 Å². The van der Waals surface area contributed by atoms with E-state index in [1.807, 2.05) is 6.07 Å². The van der Waals surface area contributed by atoms with Gasteiger partial charge in [0.2, 0.25) is 5.91 Å². The number of benzene rings is 1. The molecule has 0 radical (unpaired) electrons. The largest absolute Gasteiger partial charge is 0.334 e. The lowest BCUT2D eigenvalue weighted by Gasteiger charge is -2.14. The van der Waals surface area contributed by atoms with E-state index in [0.29, 0.717) is 22.6 Å². The number of hydrogen-bond acceptors (Lipinski definition) is 5. The number of anilines is 1. The maximum absolute atomic E-state index is 12.0. The van der Waals surface area contributed by atoms with E-state index in [4.69, 9.17) is 5.26 Å². The molecule has 23 heavy (non-hydrogen) atoms. The van der Waals surface area contributed by atoms with E-state index >= 15 is 0 Å². The quantitative estimate of drug-likeness (QED) is 0.635. The topological polar surface area (TPSA) is 111 Å². The summed E-state index contributed by atoms with van der Waals surface area (Å²) in [6, 6.07) is 7.34. The number of nitrogens with one attached hydrogen (secondary N) is 1. The van der Waals surface area contributed by atoms with Crippen LogP contribution in [0.5, 0.6) is 0 Å². The number of urea groups is 1. The van der Waals surface area contributed by atoms with Crippen molar-refractivity contribution in [1.29, 1.82) is 5.26 Å². The van der Waals surface area contributed by atoms with Gasteiger partial charge >= 0.3 is 17.8 Å². The first kappa shape index (κ1) is 16.2. The van der Waals surface area contributed by atoms with Gasteiger partial charge in [-0.2, -0.15) is 5.26 Å². The molecule has 1 aliphatic rings. The van der Waals surface area contributed by atoms with Gasteiger partial charge < -0.3 is 5.32 Å². The van der Waals surface area contributed by atoms with Crippen molar-refractivity contribution in [3.05, 3.63) is 29.8 Å². The summed E-state index contributed by atoms with van der Waals surface area (Å²) in [6.45, 7) is 1.34. The molecule has 0 saturated carbocycles. The van der Waals surface area contributed by atoms with Gasteiger partial charge in [-0.15, -0.1) is 0 Å². The van der Waals surface area contributed by atoms with Crippen LogP contribution in [-0.4, -0.2) is 46.6 Å². The Balaban J connectivity index is 2.05. The average Bonchev–Trinajstić information content (AvgIpc) is 2.73. The molecule has 1 aromatic rings. The number of rotatable bonds is 5. The Morgan fingerprint density at radius 3 is 2.57 bits per heavy atom. The maximum atomic E-state index is 12.0. The van der Waals surface area contributed by atoms with Crippen LogP contribution in [0.15, 0.2) is 24.3 Å². The third-order valence-corrected chi connectivity index (χ3v) is 3.16. The molecule has 1 aromatic carbocycles. The molecular weight excluding hydrogens is 300 g/mol. The molecule has 2 rings (SSSR count). The standard InChI is InChI=1S/C15H14N4O4/c1-2-6-18-13(21)14(22)19(15(18)23)9-12(20)17-11-5-3-4-10(7-11)8-16/h3-5,7H,2,6,9H2,1H3,(H,17,20). The van der Waals surface area contributed by atoms with E-state index in [1.165, 1.54) is 6.07 Å². The third kappa shape index (κ3) is 3.35. The summed E-state index contributed by atoms with van der Waals surface area (Å²) < 4.78 is 0. The van der Waals surface area contributed by atoms with E-state index in [-0.39, 0.29) is 6.54 Å². The second kappa shape index (κ2) is 6.70. The Kier molecular flexibility index (Phi) is 4.71. The van der Waals surface area contributed by atoms with Crippen molar-refractivity contribution in [2.24, 2.45) is 0 Å². The number of imide groups is 2. The van der Waals surface area contributed by atoms with Gasteiger partial charge in [0.1, 0.15) is 6.54 Å². The molecule has 118 valence electrons. The summed E-state index contributed by atoms with van der Waals surface area (Å²) in [7, 11) is 0. The lowest BCUT2D eigenvalue weighted by molar-refractivity contribution is -0.143. The molecule has 8 heteroatoms. The number of nitrogens with zero attached hydrogens (tertiary/aromatic N) is 3. The Morgan fingerprint density at radius 2 is 1.91 bits per heavy atom. The highest BCUT2D eigenvalue weighted by molar-refractivity contribution is 6.45. The van der Waals surface area contributed by atoms with Crippen LogP contribution in [0.2, 0.25) is 0 Å². The Morgan fingerprint density at radius 1 is 1.22 bits per heavy atom. The van der Waals surface area contributed by atoms with Gasteiger partial charge in [0.25, 0.3) is 0 Å². The van der Waals surface area contributed by atoms with Gasteiger partial charge in [0.05, 0.1) is 11.6 Å². The first-order valence-corrected chi connectivity index (χ1v) is 6.95. The normalized spacial score (nSPS) is 14.2. The number of hydrogen-bond donors (Lipinski definition) is 1. The molecule has 0 bridgehead atoms. The molecule has 8 nitrogen and oxygen atoms in total. The van der Waals surface area contributed by atoms with Crippen molar-refractivity contribution in [3.8, 4) is 6.07 Å². The second-order valence-corrected chi connectivity index (χ2v) is 4.87. The highest BCUT2D eigenvalue weighted by Gasteiger charge is 2.44. The lowest BCUT2D eigenvalue weighted by atomic mass is 10.2. The number of carbonyl (C=O) groups excluding carboxylic acids is 4. The first-order valence-electron chi connectivity index (χ1n) is 6.95. The van der Waals surface area contributed by atoms with E-state index < -0.39 is 30.3 Å². The van der Waals surface area contributed by atoms with Crippen LogP contribution in [0, 0.1) is 11.3 Å². The van der Waals surface area contributed by atoms with Crippen LogP contribution in [0.4, 0.5) is 10.5 Å². The molecule has 1 N–H and O–H groups in total. The summed E-state index contributed by atoms with van der Waals surface area (Å²) in [4.78, 5) is 48.9. The zero-order valence-electron chi connectivity index (χ0n) is 12.4. The van der Waals surface area contributed by atoms with Crippen LogP contribution in [-0.2, 0) is 14.4 Å². The molecule has 0 aliphatic carbocycles. The molecule has 1 fully saturated rings. The van der Waals surface area contributed by atoms with Gasteiger partial charge in [-0.1, -0.05) is 13.0 Å². The average molecular weight is 314 g/mol. The molecule has 0 spiro atoms. The van der Waals surface area contributed by atoms with Crippen molar-refractivity contribution < 1.29 is 19.2 Å². The fourth-order valence-corrected chi connectivity index (χ4v) is 2.12. The third-order valence-electron chi connectivity index (χ3n) is 3.16. The minimum Gasteiger partial charge on any atom is -0.324 e. The minimum atomic E-state index is -1.01. The molecule has 0 atom stereocenters. The van der Waals surface area contributed by atoms with Crippen molar-refractivity contribution >= 4 is 29.4 Å². The van der Waals surface area contributed by atoms with Crippen molar-refractivity contribution in [1.82, 2.24) is 9.80 Å². The van der Waals surface area contributed by atoms with Crippen molar-refractivity contribution in [2.45, 2.75) is 13.3 Å². The molecule has 1 saturated heterocycles. The Bertz CT molecular complexity index is 722. The van der Waals surface area contributed by atoms with Crippen molar-refractivity contribution in [3.63, 3.8) is 0 Å². The molecule has 1 heterocycles. The minimum absolute atomic E-state index is 0.131. The van der Waals surface area contributed by atoms with Gasteiger partial charge in [0.15, 0.2) is 0 Å². The molecular formula is C15H14N4O4. The summed E-state index contributed by atoms with van der Waals surface area (Å²) in [6.07, 6.45) is 0.520. The van der Waals surface area contributed by atoms with Gasteiger partial charge in [0, 0.05) is 12.2 Å². The van der Waals surface area contributed by atoms with Crippen LogP contribution >= 0.6 is 0 Å². The Hall–Kier alpha value is -3.21. The van der Waals surface area contributed by atoms with Crippen LogP contribution in [0.3, 0.4) is 0 Å². The first-order chi connectivity index (χ1) is 11.0. The zero-order chi connectivity index (χ0) is 17.0. The van der Waals surface area contributed by atoms with Gasteiger partial charge in [-0.25, -0.2) is 9.69 Å². The summed E-state index contributed by atoms with van der Waals surface area (Å²) in [5, 5.41) is 11.3. The predicted octanol–water partition coefficient (Wildman–Crippen LogP) is 0.698. The zero-order valence-corrected chi connectivity index (χ0v) is 12.4. The lowest BCUT2D eigenvalue weighted by Crippen LogP contribution is -2.39. The monoisotopic (exact) mass is 314 g/mol. The smallest absolute Gasteiger partial charge is 0.324 e. The second-order valence-electron chi connectivity index (χ2n) is 4.87. The van der Waals surface area contributed by atoms with Crippen LogP contribution in [0.25, 0.3) is 0 Å². The summed E-state index contributed by atoms with van der Waals surface area (Å²) in [5.41, 5.74) is 0.727. The fourth-order valence-electron chi connectivity index (χ4n) is 2.12. The maximum Gasteiger partial charge on any atom is 0.334 e. The molecule has 1 aliphatic heterocycles. The SMILES string of the molecule is CCCN1C(=O)C(=O)N(CC(=O)Nc2cccc(C#N)c2)C1=O. The number of nitriles is 1. The van der Waals surface area contributed by atoms with Gasteiger partial charge in [-0.05, 0) is 24.6 Å². The summed E-state index contributed by atoms with van der Waals surface area (Å²) >= 11 is 0. The highest BCUT2D eigenvalue weighted by Crippen LogP contribution is 2.14. The predicted molar refractivity (Wildman–Crippen MR) is 78.9 cm³/mol. The van der Waals surface area contributed by atoms with Crippen LogP contribution in [0.1, 0.15) is 18.9 Å². The highest BCUT2D eigenvalue weighted by atomic mass is 16.2. The van der Waals surface area contributed by atoms with Crippen molar-refractivity contribution in [2.75, 3.05) is 18.4 Å². The molecule has 0 unspecified atom stereocenters. The number of amides is 5. The molecule has 0 aromatic heterocycles. The van der Waals surface area contributed by atoms with Gasteiger partial charge in [-0.3, -0.25) is 19.3 Å². The Labute approximate surface area is 132 Å². The van der Waals surface area contributed by atoms with Crippen LogP contribution < -0.4 is 5.32 Å². The van der Waals surface area contributed by atoms with E-state index in [9.17, 15) is 19.2 Å². The van der Waals surface area contributed by atoms with E-state index in [1.54, 1.807) is 25.1 Å².